The molecule has 0 spiro atoms. The van der Waals surface area contributed by atoms with E-state index >= 15 is 0 Å². The Hall–Kier alpha value is -0.860. The van der Waals surface area contributed by atoms with Gasteiger partial charge in [-0.05, 0) is 18.4 Å². The van der Waals surface area contributed by atoms with E-state index in [2.05, 4.69) is 29.5 Å². The number of benzene rings is 1. The first kappa shape index (κ1) is 23.1. The van der Waals surface area contributed by atoms with E-state index in [-0.39, 0.29) is 36.5 Å². The third kappa shape index (κ3) is 10.1. The minimum Gasteiger partial charge on any atom is -0.396 e. The van der Waals surface area contributed by atoms with E-state index in [1.165, 1.54) is 0 Å². The van der Waals surface area contributed by atoms with Crippen LogP contribution in [0.25, 0.3) is 0 Å². The number of halogens is 1. The minimum absolute atomic E-state index is 0. The SMILES string of the molecule is CCNC(=NCC(CO)c1ccccc1)NCCOCC(C)C.I. The van der Waals surface area contributed by atoms with Gasteiger partial charge in [-0.25, -0.2) is 0 Å². The van der Waals surface area contributed by atoms with E-state index in [0.717, 1.165) is 24.7 Å². The molecule has 0 radical (unpaired) electrons. The van der Waals surface area contributed by atoms with Crippen molar-refractivity contribution in [2.24, 2.45) is 10.9 Å². The van der Waals surface area contributed by atoms with Gasteiger partial charge in [-0.15, -0.1) is 24.0 Å². The Kier molecular flexibility index (Phi) is 14.0. The summed E-state index contributed by atoms with van der Waals surface area (Å²) in [4.78, 5) is 4.57. The highest BCUT2D eigenvalue weighted by atomic mass is 127. The van der Waals surface area contributed by atoms with Crippen LogP contribution in [0.5, 0.6) is 0 Å². The van der Waals surface area contributed by atoms with Crippen molar-refractivity contribution < 1.29 is 9.84 Å². The Balaban J connectivity index is 0.00000529. The highest BCUT2D eigenvalue weighted by Crippen LogP contribution is 2.14. The van der Waals surface area contributed by atoms with Gasteiger partial charge in [-0.3, -0.25) is 4.99 Å². The number of rotatable bonds is 10. The first-order chi connectivity index (χ1) is 11.2. The van der Waals surface area contributed by atoms with E-state index in [9.17, 15) is 5.11 Å². The van der Waals surface area contributed by atoms with Gasteiger partial charge in [0, 0.05) is 25.6 Å². The average molecular weight is 449 g/mol. The Morgan fingerprint density at radius 2 is 1.92 bits per heavy atom. The van der Waals surface area contributed by atoms with Gasteiger partial charge in [0.1, 0.15) is 0 Å². The summed E-state index contributed by atoms with van der Waals surface area (Å²) in [6.45, 7) is 9.89. The van der Waals surface area contributed by atoms with Crippen LogP contribution in [0.4, 0.5) is 0 Å². The van der Waals surface area contributed by atoms with Gasteiger partial charge in [-0.2, -0.15) is 0 Å². The standard InChI is InChI=1S/C18H31N3O2.HI/c1-4-19-18(20-10-11-23-14-15(2)3)21-12-17(13-22)16-8-6-5-7-9-16;/h5-9,15,17,22H,4,10-14H2,1-3H3,(H2,19,20,21);1H. The van der Waals surface area contributed by atoms with E-state index in [4.69, 9.17) is 4.74 Å². The maximum absolute atomic E-state index is 9.59. The Morgan fingerprint density at radius 1 is 1.21 bits per heavy atom. The molecule has 24 heavy (non-hydrogen) atoms. The Bertz CT molecular complexity index is 441. The van der Waals surface area contributed by atoms with Crippen molar-refractivity contribution >= 4 is 29.9 Å². The number of aliphatic imine (C=N–C) groups is 1. The second-order valence-electron chi connectivity index (χ2n) is 5.91. The average Bonchev–Trinajstić information content (AvgIpc) is 2.55. The molecule has 0 saturated heterocycles. The predicted molar refractivity (Wildman–Crippen MR) is 111 cm³/mol. The van der Waals surface area contributed by atoms with Crippen LogP contribution in [-0.4, -0.2) is 50.5 Å². The molecular weight excluding hydrogens is 417 g/mol. The fraction of sp³-hybridized carbons (Fsp3) is 0.611. The summed E-state index contributed by atoms with van der Waals surface area (Å²) in [6.07, 6.45) is 0. The van der Waals surface area contributed by atoms with E-state index < -0.39 is 0 Å². The lowest BCUT2D eigenvalue weighted by Gasteiger charge is -2.15. The first-order valence-electron chi connectivity index (χ1n) is 8.43. The molecule has 1 rings (SSSR count). The monoisotopic (exact) mass is 449 g/mol. The molecule has 1 atom stereocenters. The Labute approximate surface area is 163 Å². The lowest BCUT2D eigenvalue weighted by molar-refractivity contribution is 0.114. The molecule has 0 fully saturated rings. The van der Waals surface area contributed by atoms with Crippen LogP contribution < -0.4 is 10.6 Å². The molecule has 0 aliphatic rings. The quantitative estimate of drug-likeness (QED) is 0.222. The fourth-order valence-corrected chi connectivity index (χ4v) is 2.10. The number of aliphatic hydroxyl groups excluding tert-OH is 1. The molecule has 0 heterocycles. The minimum atomic E-state index is 0. The summed E-state index contributed by atoms with van der Waals surface area (Å²) >= 11 is 0. The van der Waals surface area contributed by atoms with Gasteiger partial charge in [0.2, 0.25) is 0 Å². The highest BCUT2D eigenvalue weighted by molar-refractivity contribution is 14.0. The van der Waals surface area contributed by atoms with Crippen LogP contribution in [0, 0.1) is 5.92 Å². The molecule has 1 aromatic carbocycles. The number of guanidine groups is 1. The summed E-state index contributed by atoms with van der Waals surface area (Å²) < 4.78 is 5.55. The van der Waals surface area contributed by atoms with Crippen LogP contribution in [0.3, 0.4) is 0 Å². The van der Waals surface area contributed by atoms with Gasteiger partial charge in [-0.1, -0.05) is 44.2 Å². The summed E-state index contributed by atoms with van der Waals surface area (Å²) in [5.41, 5.74) is 1.11. The molecule has 0 aromatic heterocycles. The van der Waals surface area contributed by atoms with Gasteiger partial charge in [0.05, 0.1) is 19.8 Å². The number of hydrogen-bond donors (Lipinski definition) is 3. The summed E-state index contributed by atoms with van der Waals surface area (Å²) in [7, 11) is 0. The van der Waals surface area contributed by atoms with Crippen LogP contribution in [0.15, 0.2) is 35.3 Å². The third-order valence-electron chi connectivity index (χ3n) is 3.30. The van der Waals surface area contributed by atoms with E-state index in [1.54, 1.807) is 0 Å². The molecule has 0 bridgehead atoms. The number of aliphatic hydroxyl groups is 1. The molecule has 1 unspecified atom stereocenters. The molecular formula is C18H32IN3O2. The second kappa shape index (κ2) is 14.5. The zero-order chi connectivity index (χ0) is 16.9. The van der Waals surface area contributed by atoms with Gasteiger partial charge in [0.15, 0.2) is 5.96 Å². The van der Waals surface area contributed by atoms with Crippen molar-refractivity contribution in [1.82, 2.24) is 10.6 Å². The molecule has 0 aliphatic heterocycles. The van der Waals surface area contributed by atoms with Crippen molar-refractivity contribution in [2.45, 2.75) is 26.7 Å². The topological polar surface area (TPSA) is 65.9 Å². The zero-order valence-corrected chi connectivity index (χ0v) is 17.3. The summed E-state index contributed by atoms with van der Waals surface area (Å²) in [5.74, 6) is 1.33. The first-order valence-corrected chi connectivity index (χ1v) is 8.43. The maximum atomic E-state index is 9.59. The molecule has 1 aromatic rings. The normalized spacial score (nSPS) is 12.6. The molecule has 6 heteroatoms. The fourth-order valence-electron chi connectivity index (χ4n) is 2.10. The molecule has 5 nitrogen and oxygen atoms in total. The zero-order valence-electron chi connectivity index (χ0n) is 15.0. The third-order valence-corrected chi connectivity index (χ3v) is 3.30. The van der Waals surface area contributed by atoms with Crippen molar-refractivity contribution in [2.75, 3.05) is 39.5 Å². The number of ether oxygens (including phenoxy) is 1. The lowest BCUT2D eigenvalue weighted by atomic mass is 10.0. The summed E-state index contributed by atoms with van der Waals surface area (Å²) in [5, 5.41) is 16.1. The molecule has 0 saturated carbocycles. The van der Waals surface area contributed by atoms with Crippen LogP contribution in [0.2, 0.25) is 0 Å². The van der Waals surface area contributed by atoms with Crippen molar-refractivity contribution in [3.63, 3.8) is 0 Å². The second-order valence-corrected chi connectivity index (χ2v) is 5.91. The highest BCUT2D eigenvalue weighted by Gasteiger charge is 2.09. The molecule has 0 aliphatic carbocycles. The molecule has 138 valence electrons. The largest absolute Gasteiger partial charge is 0.396 e. The lowest BCUT2D eigenvalue weighted by Crippen LogP contribution is -2.39. The molecule has 3 N–H and O–H groups in total. The predicted octanol–water partition coefficient (Wildman–Crippen LogP) is 2.61. The number of nitrogens with zero attached hydrogens (tertiary/aromatic N) is 1. The van der Waals surface area contributed by atoms with Crippen molar-refractivity contribution in [3.05, 3.63) is 35.9 Å². The van der Waals surface area contributed by atoms with Crippen LogP contribution >= 0.6 is 24.0 Å². The van der Waals surface area contributed by atoms with Gasteiger partial charge < -0.3 is 20.5 Å². The van der Waals surface area contributed by atoms with Crippen LogP contribution in [-0.2, 0) is 4.74 Å². The van der Waals surface area contributed by atoms with E-state index in [1.807, 2.05) is 37.3 Å². The smallest absolute Gasteiger partial charge is 0.191 e. The van der Waals surface area contributed by atoms with Crippen LogP contribution in [0.1, 0.15) is 32.3 Å². The van der Waals surface area contributed by atoms with Crippen molar-refractivity contribution in [1.29, 1.82) is 0 Å². The number of nitrogens with one attached hydrogen (secondary N) is 2. The van der Waals surface area contributed by atoms with E-state index in [0.29, 0.717) is 25.6 Å². The van der Waals surface area contributed by atoms with Gasteiger partial charge in [0.25, 0.3) is 0 Å². The Morgan fingerprint density at radius 3 is 2.50 bits per heavy atom. The number of hydrogen-bond acceptors (Lipinski definition) is 3. The van der Waals surface area contributed by atoms with Crippen molar-refractivity contribution in [3.8, 4) is 0 Å². The maximum Gasteiger partial charge on any atom is 0.191 e. The summed E-state index contributed by atoms with van der Waals surface area (Å²) in [6, 6.07) is 9.99. The van der Waals surface area contributed by atoms with Gasteiger partial charge >= 0.3 is 0 Å². The molecule has 0 amide bonds.